The molecule has 8 heteroatoms. The Bertz CT molecular complexity index is 1090. The van der Waals surface area contributed by atoms with E-state index in [4.69, 9.17) is 17.2 Å². The van der Waals surface area contributed by atoms with Gasteiger partial charge in [-0.15, -0.1) is 0 Å². The molecule has 0 atom stereocenters. The lowest BCUT2D eigenvalue weighted by molar-refractivity contribution is -0.122. The molecule has 2 aromatic rings. The van der Waals surface area contributed by atoms with Crippen LogP contribution < -0.4 is 10.5 Å². The Hall–Kier alpha value is -2.19. The predicted octanol–water partition coefficient (Wildman–Crippen LogP) is 4.46. The van der Waals surface area contributed by atoms with Crippen LogP contribution >= 0.6 is 24.0 Å². The monoisotopic (exact) mass is 456 g/mol. The van der Waals surface area contributed by atoms with Gasteiger partial charge in [0, 0.05) is 25.8 Å². The molecule has 0 unspecified atom stereocenters. The summed E-state index contributed by atoms with van der Waals surface area (Å²) in [5.74, 6) is 0.522. The summed E-state index contributed by atoms with van der Waals surface area (Å²) >= 11 is 6.71. The molecule has 1 aliphatic carbocycles. The summed E-state index contributed by atoms with van der Waals surface area (Å²) in [6.45, 7) is 2.70. The molecule has 0 spiro atoms. The van der Waals surface area contributed by atoms with Gasteiger partial charge in [0.05, 0.1) is 10.5 Å². The first-order valence-corrected chi connectivity index (χ1v) is 12.2. The molecule has 1 aliphatic heterocycles. The third-order valence-corrected chi connectivity index (χ3v) is 7.47. The molecule has 0 radical (unpaired) electrons. The van der Waals surface area contributed by atoms with Crippen LogP contribution in [0.4, 0.5) is 5.82 Å². The van der Waals surface area contributed by atoms with Gasteiger partial charge >= 0.3 is 0 Å². The lowest BCUT2D eigenvalue weighted by Gasteiger charge is -2.33. The highest BCUT2D eigenvalue weighted by molar-refractivity contribution is 8.26. The van der Waals surface area contributed by atoms with Gasteiger partial charge in [0.1, 0.15) is 15.8 Å². The van der Waals surface area contributed by atoms with Crippen molar-refractivity contribution in [1.29, 1.82) is 0 Å². The molecule has 31 heavy (non-hydrogen) atoms. The summed E-state index contributed by atoms with van der Waals surface area (Å²) in [7, 11) is 2.01. The minimum absolute atomic E-state index is 0.118. The number of amides is 1. The number of rotatable bonds is 6. The predicted molar refractivity (Wildman–Crippen MR) is 132 cm³/mol. The van der Waals surface area contributed by atoms with Crippen molar-refractivity contribution in [3.8, 4) is 0 Å². The van der Waals surface area contributed by atoms with Gasteiger partial charge in [0.2, 0.25) is 0 Å². The summed E-state index contributed by atoms with van der Waals surface area (Å²) in [5.41, 5.74) is 0.896. The molecule has 1 saturated carbocycles. The van der Waals surface area contributed by atoms with Gasteiger partial charge in [-0.05, 0) is 37.5 Å². The smallest absolute Gasteiger partial charge is 0.267 e. The number of thiocarbonyl (C=S) groups is 1. The number of fused-ring (bicyclic) bond motifs is 1. The summed E-state index contributed by atoms with van der Waals surface area (Å²) in [4.78, 5) is 35.6. The number of hydrogen-bond acceptors (Lipinski definition) is 6. The summed E-state index contributed by atoms with van der Waals surface area (Å²) in [5, 5.41) is 0. The van der Waals surface area contributed by atoms with Crippen molar-refractivity contribution >= 4 is 51.7 Å². The van der Waals surface area contributed by atoms with E-state index < -0.39 is 0 Å². The van der Waals surface area contributed by atoms with Crippen LogP contribution in [0.5, 0.6) is 0 Å². The van der Waals surface area contributed by atoms with Crippen LogP contribution in [0, 0.1) is 0 Å². The molecule has 2 aliphatic rings. The van der Waals surface area contributed by atoms with E-state index in [1.54, 1.807) is 21.6 Å². The topological polar surface area (TPSA) is 57.9 Å². The second kappa shape index (κ2) is 9.53. The standard InChI is InChI=1S/C23H28N4O2S2/c1-3-4-13-27-22(29)18(31-23(27)30)15-17-20(25(2)16-10-6-5-7-11-16)24-19-12-8-9-14-26(19)21(17)28/h8-9,12,14-16H,3-7,10-11,13H2,1-2H3/b18-15-. The van der Waals surface area contributed by atoms with E-state index in [1.165, 1.54) is 31.0 Å². The number of carbonyl (C=O) groups excluding carboxylic acids is 1. The van der Waals surface area contributed by atoms with Crippen LogP contribution in [0.3, 0.4) is 0 Å². The van der Waals surface area contributed by atoms with E-state index in [0.717, 1.165) is 25.7 Å². The molecular weight excluding hydrogens is 428 g/mol. The number of unbranched alkanes of at least 4 members (excludes halogenated alkanes) is 1. The first kappa shape index (κ1) is 22.0. The lowest BCUT2D eigenvalue weighted by atomic mass is 9.94. The van der Waals surface area contributed by atoms with E-state index >= 15 is 0 Å². The molecular formula is C23H28N4O2S2. The van der Waals surface area contributed by atoms with Crippen LogP contribution in [0.1, 0.15) is 57.4 Å². The maximum absolute atomic E-state index is 13.5. The van der Waals surface area contributed by atoms with E-state index in [0.29, 0.717) is 38.8 Å². The van der Waals surface area contributed by atoms with Gasteiger partial charge < -0.3 is 4.90 Å². The number of carbonyl (C=O) groups is 1. The normalized spacial score (nSPS) is 19.0. The molecule has 2 fully saturated rings. The van der Waals surface area contributed by atoms with Crippen molar-refractivity contribution in [2.45, 2.75) is 57.9 Å². The zero-order valence-corrected chi connectivity index (χ0v) is 19.7. The third kappa shape index (κ3) is 4.41. The van der Waals surface area contributed by atoms with Gasteiger partial charge in [-0.2, -0.15) is 0 Å². The Labute approximate surface area is 192 Å². The number of nitrogens with zero attached hydrogens (tertiary/aromatic N) is 4. The van der Waals surface area contributed by atoms with Gasteiger partial charge in [0.15, 0.2) is 0 Å². The second-order valence-corrected chi connectivity index (χ2v) is 9.85. The molecule has 1 amide bonds. The highest BCUT2D eigenvalue weighted by atomic mass is 32.2. The highest BCUT2D eigenvalue weighted by Crippen LogP contribution is 2.34. The molecule has 164 valence electrons. The molecule has 2 aromatic heterocycles. The number of thioether (sulfide) groups is 1. The van der Waals surface area contributed by atoms with E-state index in [1.807, 2.05) is 25.2 Å². The molecule has 0 bridgehead atoms. The third-order valence-electron chi connectivity index (χ3n) is 6.09. The maximum Gasteiger partial charge on any atom is 0.267 e. The quantitative estimate of drug-likeness (QED) is 0.472. The van der Waals surface area contributed by atoms with Crippen LogP contribution in [-0.2, 0) is 4.79 Å². The Morgan fingerprint density at radius 3 is 2.77 bits per heavy atom. The Balaban J connectivity index is 1.80. The van der Waals surface area contributed by atoms with Gasteiger partial charge in [-0.25, -0.2) is 4.98 Å². The van der Waals surface area contributed by atoms with Crippen molar-refractivity contribution in [2.24, 2.45) is 0 Å². The minimum Gasteiger partial charge on any atom is -0.356 e. The summed E-state index contributed by atoms with van der Waals surface area (Å²) in [6, 6.07) is 5.88. The number of aromatic nitrogens is 2. The Morgan fingerprint density at radius 2 is 2.03 bits per heavy atom. The number of hydrogen-bond donors (Lipinski definition) is 0. The van der Waals surface area contributed by atoms with Crippen molar-refractivity contribution in [2.75, 3.05) is 18.5 Å². The van der Waals surface area contributed by atoms with Crippen LogP contribution in [0.2, 0.25) is 0 Å². The molecule has 4 rings (SSSR count). The number of pyridine rings is 1. The van der Waals surface area contributed by atoms with Crippen molar-refractivity contribution in [1.82, 2.24) is 14.3 Å². The van der Waals surface area contributed by atoms with Gasteiger partial charge in [0.25, 0.3) is 11.5 Å². The fourth-order valence-electron chi connectivity index (χ4n) is 4.27. The van der Waals surface area contributed by atoms with Crippen molar-refractivity contribution < 1.29 is 4.79 Å². The van der Waals surface area contributed by atoms with E-state index in [-0.39, 0.29) is 11.5 Å². The Morgan fingerprint density at radius 1 is 1.26 bits per heavy atom. The molecule has 3 heterocycles. The number of anilines is 1. The lowest BCUT2D eigenvalue weighted by Crippen LogP contribution is -2.36. The average molecular weight is 457 g/mol. The maximum atomic E-state index is 13.5. The first-order valence-electron chi connectivity index (χ1n) is 11.0. The van der Waals surface area contributed by atoms with Crippen LogP contribution in [-0.4, -0.2) is 44.1 Å². The largest absolute Gasteiger partial charge is 0.356 e. The first-order chi connectivity index (χ1) is 15.0. The Kier molecular flexibility index (Phi) is 6.77. The highest BCUT2D eigenvalue weighted by Gasteiger charge is 2.32. The second-order valence-electron chi connectivity index (χ2n) is 8.17. The molecule has 1 saturated heterocycles. The zero-order chi connectivity index (χ0) is 22.0. The van der Waals surface area contributed by atoms with Crippen molar-refractivity contribution in [3.05, 3.63) is 45.2 Å². The fourth-order valence-corrected chi connectivity index (χ4v) is 5.56. The SMILES string of the molecule is CCCCN1C(=O)/C(=C/c2c(N(C)C3CCCCC3)nc3ccccn3c2=O)SC1=S. The molecule has 0 N–H and O–H groups in total. The fraction of sp³-hybridized carbons (Fsp3) is 0.478. The molecule has 6 nitrogen and oxygen atoms in total. The van der Waals surface area contributed by atoms with E-state index in [9.17, 15) is 9.59 Å². The zero-order valence-electron chi connectivity index (χ0n) is 18.0. The van der Waals surface area contributed by atoms with Gasteiger partial charge in [-0.3, -0.25) is 18.9 Å². The average Bonchev–Trinajstić information content (AvgIpc) is 3.06. The van der Waals surface area contributed by atoms with Gasteiger partial charge in [-0.1, -0.05) is 62.7 Å². The summed E-state index contributed by atoms with van der Waals surface area (Å²) in [6.07, 6.45) is 11.1. The van der Waals surface area contributed by atoms with Crippen LogP contribution in [0.15, 0.2) is 34.1 Å². The minimum atomic E-state index is -0.165. The molecule has 0 aromatic carbocycles. The van der Waals surface area contributed by atoms with Crippen molar-refractivity contribution in [3.63, 3.8) is 0 Å². The van der Waals surface area contributed by atoms with Crippen LogP contribution in [0.25, 0.3) is 11.7 Å². The van der Waals surface area contributed by atoms with E-state index in [2.05, 4.69) is 11.8 Å². The summed E-state index contributed by atoms with van der Waals surface area (Å²) < 4.78 is 2.10.